The number of nitrogens with one attached hydrogen (secondary N) is 1. The van der Waals surface area contributed by atoms with Gasteiger partial charge < -0.3 is 25.4 Å². The number of nitrogens with zero attached hydrogens (tertiary/aromatic N) is 3. The van der Waals surface area contributed by atoms with Crippen LogP contribution in [0.15, 0.2) is 11.1 Å². The van der Waals surface area contributed by atoms with Crippen LogP contribution in [0.5, 0.6) is 0 Å². The number of aromatic amines is 1. The van der Waals surface area contributed by atoms with Gasteiger partial charge in [-0.15, -0.1) is 0 Å². The molecule has 1 saturated heterocycles. The van der Waals surface area contributed by atoms with E-state index < -0.39 is 43.8 Å². The normalized spacial score (nSPS) is 32.4. The lowest BCUT2D eigenvalue weighted by Gasteiger charge is -2.25. The van der Waals surface area contributed by atoms with Gasteiger partial charge in [-0.3, -0.25) is 18.9 Å². The van der Waals surface area contributed by atoms with Crippen LogP contribution in [0.25, 0.3) is 11.2 Å². The van der Waals surface area contributed by atoms with Gasteiger partial charge in [-0.1, -0.05) is 0 Å². The van der Waals surface area contributed by atoms with Crippen molar-refractivity contribution in [3.63, 3.8) is 0 Å². The summed E-state index contributed by atoms with van der Waals surface area (Å²) in [6.45, 7) is -0.652. The first-order chi connectivity index (χ1) is 11.8. The molecule has 6 N–H and O–H groups in total. The average molecular weight is 397 g/mol. The van der Waals surface area contributed by atoms with Crippen LogP contribution in [0.1, 0.15) is 13.2 Å². The van der Waals surface area contributed by atoms with Crippen LogP contribution >= 0.6 is 7.82 Å². The molecule has 4 unspecified atom stereocenters. The maximum atomic E-state index is 15.0. The van der Waals surface area contributed by atoms with E-state index in [1.807, 2.05) is 0 Å². The molecule has 0 radical (unpaired) electrons. The van der Waals surface area contributed by atoms with Crippen molar-refractivity contribution >= 4 is 24.9 Å². The second-order valence-corrected chi connectivity index (χ2v) is 7.09. The summed E-state index contributed by atoms with van der Waals surface area (Å²) in [6.07, 6.45) is -3.44. The monoisotopic (exact) mass is 397 g/mol. The number of aliphatic hydroxyl groups excluding tert-OH is 1. The van der Waals surface area contributed by atoms with Gasteiger partial charge in [0, 0.05) is 0 Å². The molecule has 1 aliphatic rings. The molecule has 3 heterocycles. The van der Waals surface area contributed by atoms with Crippen LogP contribution in [-0.2, 0) is 13.8 Å². The van der Waals surface area contributed by atoms with Crippen molar-refractivity contribution in [2.75, 3.05) is 12.3 Å². The number of alkyl halides is 2. The van der Waals surface area contributed by atoms with Crippen LogP contribution in [0.3, 0.4) is 0 Å². The Labute approximate surface area is 142 Å². The molecule has 0 aromatic carbocycles. The number of anilines is 1. The molecule has 144 valence electrons. The van der Waals surface area contributed by atoms with E-state index in [-0.39, 0.29) is 17.1 Å². The fourth-order valence-electron chi connectivity index (χ4n) is 2.65. The highest BCUT2D eigenvalue weighted by atomic mass is 31.2. The molecule has 1 fully saturated rings. The largest absolute Gasteiger partial charge is 0.469 e. The number of ether oxygens (including phenoxy) is 1. The number of hydrogen-bond donors (Lipinski definition) is 5. The second kappa shape index (κ2) is 5.77. The molecule has 1 aliphatic heterocycles. The molecule has 2 aromatic heterocycles. The predicted octanol–water partition coefficient (Wildman–Crippen LogP) is -0.905. The number of H-pyrrole nitrogens is 1. The Morgan fingerprint density at radius 1 is 1.54 bits per heavy atom. The van der Waals surface area contributed by atoms with Crippen molar-refractivity contribution in [2.24, 2.45) is 0 Å². The first-order valence-corrected chi connectivity index (χ1v) is 8.54. The zero-order valence-electron chi connectivity index (χ0n) is 13.0. The van der Waals surface area contributed by atoms with E-state index >= 15 is 4.39 Å². The SMILES string of the molecule is CC1(F)C(n2cnc3c(=O)[nH]c(N)nc32)OC(F)(COP(=O)(O)O)C1O. The number of aliphatic hydroxyl groups is 1. The molecule has 2 aromatic rings. The number of halogens is 2. The predicted molar refractivity (Wildman–Crippen MR) is 80.0 cm³/mol. The smallest absolute Gasteiger partial charge is 0.384 e. The Hall–Kier alpha value is -1.96. The van der Waals surface area contributed by atoms with Crippen LogP contribution in [0.2, 0.25) is 0 Å². The number of aromatic nitrogens is 4. The third-order valence-electron chi connectivity index (χ3n) is 3.87. The molecule has 0 saturated carbocycles. The van der Waals surface area contributed by atoms with E-state index in [1.165, 1.54) is 0 Å². The number of fused-ring (bicyclic) bond motifs is 1. The number of rotatable bonds is 4. The molecule has 0 aliphatic carbocycles. The summed E-state index contributed by atoms with van der Waals surface area (Å²) in [7, 11) is -5.11. The lowest BCUT2D eigenvalue weighted by Crippen LogP contribution is -2.46. The van der Waals surface area contributed by atoms with E-state index in [1.54, 1.807) is 0 Å². The van der Waals surface area contributed by atoms with Crippen LogP contribution in [-0.4, -0.2) is 58.6 Å². The van der Waals surface area contributed by atoms with Crippen molar-refractivity contribution in [3.8, 4) is 0 Å². The average Bonchev–Trinajstić information content (AvgIpc) is 2.99. The highest BCUT2D eigenvalue weighted by Crippen LogP contribution is 2.50. The summed E-state index contributed by atoms with van der Waals surface area (Å²) in [6, 6.07) is 0. The van der Waals surface area contributed by atoms with Crippen LogP contribution < -0.4 is 11.3 Å². The van der Waals surface area contributed by atoms with Gasteiger partial charge >= 0.3 is 7.82 Å². The van der Waals surface area contributed by atoms with Gasteiger partial charge in [0.2, 0.25) is 5.95 Å². The summed E-state index contributed by atoms with van der Waals surface area (Å²) < 4.78 is 50.3. The van der Waals surface area contributed by atoms with E-state index in [0.29, 0.717) is 0 Å². The minimum Gasteiger partial charge on any atom is -0.384 e. The van der Waals surface area contributed by atoms with Gasteiger partial charge in [-0.05, 0) is 6.92 Å². The first kappa shape index (κ1) is 18.8. The quantitative estimate of drug-likeness (QED) is 0.405. The maximum Gasteiger partial charge on any atom is 0.469 e. The van der Waals surface area contributed by atoms with Crippen molar-refractivity contribution in [2.45, 2.75) is 30.8 Å². The van der Waals surface area contributed by atoms with E-state index in [2.05, 4.69) is 19.5 Å². The Kier molecular flexibility index (Phi) is 4.18. The summed E-state index contributed by atoms with van der Waals surface area (Å²) in [5, 5.41) is 9.97. The summed E-state index contributed by atoms with van der Waals surface area (Å²) in [5.74, 6) is -3.61. The van der Waals surface area contributed by atoms with Crippen molar-refractivity contribution in [1.29, 1.82) is 0 Å². The fourth-order valence-corrected chi connectivity index (χ4v) is 2.99. The van der Waals surface area contributed by atoms with E-state index in [9.17, 15) is 18.9 Å². The van der Waals surface area contributed by atoms with Gasteiger partial charge in [0.1, 0.15) is 6.61 Å². The van der Waals surface area contributed by atoms with Gasteiger partial charge in [-0.25, -0.2) is 18.3 Å². The maximum absolute atomic E-state index is 15.0. The van der Waals surface area contributed by atoms with Crippen molar-refractivity contribution < 1.29 is 37.5 Å². The molecule has 0 spiro atoms. The van der Waals surface area contributed by atoms with Crippen LogP contribution in [0, 0.1) is 0 Å². The van der Waals surface area contributed by atoms with E-state index in [4.69, 9.17) is 20.3 Å². The minimum absolute atomic E-state index is 0.240. The zero-order chi connectivity index (χ0) is 19.5. The molecule has 12 nitrogen and oxygen atoms in total. The molecule has 26 heavy (non-hydrogen) atoms. The molecular formula is C11H14F2N5O7P. The van der Waals surface area contributed by atoms with Crippen LogP contribution in [0.4, 0.5) is 14.7 Å². The minimum atomic E-state index is -5.11. The molecule has 15 heteroatoms. The summed E-state index contributed by atoms with van der Waals surface area (Å²) in [4.78, 5) is 38.8. The Morgan fingerprint density at radius 2 is 2.19 bits per heavy atom. The number of nitrogen functional groups attached to an aromatic ring is 1. The summed E-state index contributed by atoms with van der Waals surface area (Å²) >= 11 is 0. The highest BCUT2D eigenvalue weighted by Gasteiger charge is 2.65. The zero-order valence-corrected chi connectivity index (χ0v) is 13.9. The standard InChI is InChI=1S/C11H14F2N5O7P/c1-10(12)7(20)11(13,2-24-26(21,22)23)25-8(10)18-3-15-4-5(18)16-9(14)17-6(4)19/h3,7-8,20H,2H2,1H3,(H2,21,22,23)(H3,14,16,17,19). The lowest BCUT2D eigenvalue weighted by molar-refractivity contribution is -0.204. The first-order valence-electron chi connectivity index (χ1n) is 7.01. The van der Waals surface area contributed by atoms with Gasteiger partial charge in [0.15, 0.2) is 29.2 Å². The molecule has 4 atom stereocenters. The highest BCUT2D eigenvalue weighted by molar-refractivity contribution is 7.46. The second-order valence-electron chi connectivity index (χ2n) is 5.85. The Morgan fingerprint density at radius 3 is 2.81 bits per heavy atom. The molecule has 3 rings (SSSR count). The lowest BCUT2D eigenvalue weighted by atomic mass is 9.97. The van der Waals surface area contributed by atoms with Gasteiger partial charge in [0.05, 0.1) is 6.33 Å². The fraction of sp³-hybridized carbons (Fsp3) is 0.545. The Bertz CT molecular complexity index is 958. The molecular weight excluding hydrogens is 383 g/mol. The van der Waals surface area contributed by atoms with Gasteiger partial charge in [-0.2, -0.15) is 4.98 Å². The molecule has 0 bridgehead atoms. The third-order valence-corrected chi connectivity index (χ3v) is 4.33. The number of phosphoric acid groups is 1. The van der Waals surface area contributed by atoms with Crippen molar-refractivity contribution in [3.05, 3.63) is 16.7 Å². The third kappa shape index (κ3) is 3.00. The Balaban J connectivity index is 2.03. The number of nitrogens with two attached hydrogens (primary N) is 1. The molecule has 0 amide bonds. The number of imidazole rings is 1. The topological polar surface area (TPSA) is 186 Å². The summed E-state index contributed by atoms with van der Waals surface area (Å²) in [5.41, 5.74) is 1.40. The number of phosphoric ester groups is 1. The van der Waals surface area contributed by atoms with Gasteiger partial charge in [0.25, 0.3) is 11.4 Å². The van der Waals surface area contributed by atoms with Crippen molar-refractivity contribution in [1.82, 2.24) is 19.5 Å². The van der Waals surface area contributed by atoms with E-state index in [0.717, 1.165) is 17.8 Å². The number of hydrogen-bond acceptors (Lipinski definition) is 8.